The van der Waals surface area contributed by atoms with Crippen LogP contribution < -0.4 is 0 Å². The first kappa shape index (κ1) is 20.1. The van der Waals surface area contributed by atoms with Gasteiger partial charge in [-0.15, -0.1) is 0 Å². The molecule has 0 N–H and O–H groups in total. The number of carbonyl (C=O) groups is 1. The van der Waals surface area contributed by atoms with E-state index in [1.54, 1.807) is 11.2 Å². The Bertz CT molecular complexity index is 510. The summed E-state index contributed by atoms with van der Waals surface area (Å²) >= 11 is -2.23. The van der Waals surface area contributed by atoms with Gasteiger partial charge in [-0.25, -0.2) is 0 Å². The maximum atomic E-state index is 12.3. The fourth-order valence-corrected chi connectivity index (χ4v) is 8.09. The minimum absolute atomic E-state index is 0.127. The van der Waals surface area contributed by atoms with Gasteiger partial charge in [0.1, 0.15) is 0 Å². The topological polar surface area (TPSA) is 29.5 Å². The molecule has 128 valence electrons. The average Bonchev–Trinajstić information content (AvgIpc) is 2.42. The monoisotopic (exact) mass is 425 g/mol. The first-order valence-corrected chi connectivity index (χ1v) is 18.6. The molecule has 1 rings (SSSR count). The second-order valence-electron chi connectivity index (χ2n) is 7.56. The van der Waals surface area contributed by atoms with Gasteiger partial charge >= 0.3 is 146 Å². The second-order valence-corrected chi connectivity index (χ2v) is 22.8. The van der Waals surface area contributed by atoms with Crippen molar-refractivity contribution < 1.29 is 9.53 Å². The van der Waals surface area contributed by atoms with Crippen LogP contribution in [0.5, 0.6) is 0 Å². The van der Waals surface area contributed by atoms with Crippen molar-refractivity contribution in [2.75, 3.05) is 0 Å². The van der Waals surface area contributed by atoms with E-state index in [0.29, 0.717) is 3.93 Å². The summed E-state index contributed by atoms with van der Waals surface area (Å²) in [6, 6.07) is 10.7. The zero-order chi connectivity index (χ0) is 17.6. The zero-order valence-corrected chi connectivity index (χ0v) is 18.4. The van der Waals surface area contributed by atoms with Crippen molar-refractivity contribution in [3.8, 4) is 0 Å². The number of amides is 1. The van der Waals surface area contributed by atoms with Crippen molar-refractivity contribution in [3.63, 3.8) is 0 Å². The molecule has 0 aliphatic rings. The van der Waals surface area contributed by atoms with Crippen LogP contribution in [-0.4, -0.2) is 41.5 Å². The molecule has 4 heteroatoms. The standard InChI is InChI=1S/C16H22NO2.3CH3.Sn/c1-13(2)17(14(3)4)16(18)19-12-8-11-15-9-6-5-7-10-15;;;;/h5-14H,1-4H3;3*1H3;/b12-8-;;;;. The predicted octanol–water partition coefficient (Wildman–Crippen LogP) is 5.42. The Kier molecular flexibility index (Phi) is 7.65. The van der Waals surface area contributed by atoms with Crippen LogP contribution in [0, 0.1) is 0 Å². The molecule has 0 aliphatic carbocycles. The number of hydrogen-bond donors (Lipinski definition) is 0. The van der Waals surface area contributed by atoms with E-state index in [9.17, 15) is 4.79 Å². The summed E-state index contributed by atoms with van der Waals surface area (Å²) in [6.07, 6.45) is 3.39. The summed E-state index contributed by atoms with van der Waals surface area (Å²) in [5.41, 5.74) is 1.31. The Morgan fingerprint density at radius 2 is 1.57 bits per heavy atom. The van der Waals surface area contributed by atoms with E-state index in [-0.39, 0.29) is 18.2 Å². The van der Waals surface area contributed by atoms with Gasteiger partial charge in [0.2, 0.25) is 0 Å². The van der Waals surface area contributed by atoms with Crippen LogP contribution in [0.4, 0.5) is 4.79 Å². The van der Waals surface area contributed by atoms with Crippen molar-refractivity contribution in [3.05, 3.63) is 48.2 Å². The van der Waals surface area contributed by atoms with Crippen molar-refractivity contribution in [1.29, 1.82) is 0 Å². The fraction of sp³-hybridized carbons (Fsp3) is 0.526. The van der Waals surface area contributed by atoms with Gasteiger partial charge in [-0.2, -0.15) is 0 Å². The third kappa shape index (κ3) is 6.21. The molecule has 0 saturated heterocycles. The molecule has 1 aromatic carbocycles. The molecule has 1 aromatic rings. The van der Waals surface area contributed by atoms with Gasteiger partial charge in [0.25, 0.3) is 0 Å². The number of allylic oxidation sites excluding steroid dienone is 1. The Labute approximate surface area is 145 Å². The summed E-state index contributed by atoms with van der Waals surface area (Å²) in [4.78, 5) is 21.2. The molecular formula is C19H31NO2Sn. The molecule has 0 radical (unpaired) electrons. The third-order valence-electron chi connectivity index (χ3n) is 3.86. The van der Waals surface area contributed by atoms with Crippen LogP contribution in [0.25, 0.3) is 0 Å². The fourth-order valence-electron chi connectivity index (χ4n) is 2.81. The van der Waals surface area contributed by atoms with Gasteiger partial charge in [0.15, 0.2) is 0 Å². The van der Waals surface area contributed by atoms with E-state index in [1.165, 1.54) is 5.56 Å². The predicted molar refractivity (Wildman–Crippen MR) is 100 cm³/mol. The summed E-state index contributed by atoms with van der Waals surface area (Å²) in [5.74, 6) is 0. The van der Waals surface area contributed by atoms with Gasteiger partial charge in [-0.3, -0.25) is 0 Å². The van der Waals surface area contributed by atoms with Crippen LogP contribution in [0.1, 0.15) is 37.2 Å². The van der Waals surface area contributed by atoms with Crippen molar-refractivity contribution in [2.45, 2.75) is 58.5 Å². The minimum atomic E-state index is -2.23. The molecule has 0 bridgehead atoms. The third-order valence-corrected chi connectivity index (χ3v) is 10.7. The Morgan fingerprint density at radius 1 is 1.04 bits per heavy atom. The molecule has 3 nitrogen and oxygen atoms in total. The number of benzene rings is 1. The molecule has 0 spiro atoms. The van der Waals surface area contributed by atoms with Crippen LogP contribution in [0.2, 0.25) is 14.8 Å². The van der Waals surface area contributed by atoms with Gasteiger partial charge < -0.3 is 0 Å². The second kappa shape index (κ2) is 8.76. The molecule has 0 aliphatic heterocycles. The first-order chi connectivity index (χ1) is 10.6. The van der Waals surface area contributed by atoms with Crippen molar-refractivity contribution >= 4 is 24.5 Å². The normalized spacial score (nSPS) is 13.6. The van der Waals surface area contributed by atoms with Crippen molar-refractivity contribution in [2.24, 2.45) is 0 Å². The van der Waals surface area contributed by atoms with Crippen LogP contribution in [0.3, 0.4) is 0 Å². The van der Waals surface area contributed by atoms with Crippen LogP contribution >= 0.6 is 0 Å². The van der Waals surface area contributed by atoms with E-state index in [4.69, 9.17) is 4.74 Å². The number of ether oxygens (including phenoxy) is 1. The molecular weight excluding hydrogens is 393 g/mol. The zero-order valence-electron chi connectivity index (χ0n) is 15.5. The molecule has 0 aromatic heterocycles. The molecule has 0 heterocycles. The maximum absolute atomic E-state index is 12.3. The Hall–Kier alpha value is -0.971. The molecule has 0 saturated carbocycles. The Balaban J connectivity index is 2.85. The first-order valence-electron chi connectivity index (χ1n) is 8.35. The molecule has 1 amide bonds. The average molecular weight is 424 g/mol. The van der Waals surface area contributed by atoms with Gasteiger partial charge in [0, 0.05) is 0 Å². The van der Waals surface area contributed by atoms with E-state index in [1.807, 2.05) is 33.8 Å². The van der Waals surface area contributed by atoms with Gasteiger partial charge in [-0.1, -0.05) is 0 Å². The molecule has 0 unspecified atom stereocenters. The van der Waals surface area contributed by atoms with E-state index >= 15 is 0 Å². The van der Waals surface area contributed by atoms with Gasteiger partial charge in [0.05, 0.1) is 0 Å². The van der Waals surface area contributed by atoms with Crippen molar-refractivity contribution in [1.82, 2.24) is 4.90 Å². The number of carbonyl (C=O) groups excluding carboxylic acids is 1. The summed E-state index contributed by atoms with van der Waals surface area (Å²) < 4.78 is 5.81. The van der Waals surface area contributed by atoms with E-state index < -0.39 is 18.4 Å². The van der Waals surface area contributed by atoms with Crippen LogP contribution in [-0.2, 0) is 4.74 Å². The van der Waals surface area contributed by atoms with E-state index in [0.717, 1.165) is 0 Å². The van der Waals surface area contributed by atoms with Gasteiger partial charge in [-0.05, 0) is 0 Å². The molecule has 23 heavy (non-hydrogen) atoms. The SMILES string of the molecule is CC(C)N(C(=O)O/C=C\[C@H](c1ccccc1)[Sn]([CH3])([CH3])[CH3])C(C)C. The summed E-state index contributed by atoms with van der Waals surface area (Å²) in [6.45, 7) is 8.01. The molecule has 1 atom stereocenters. The quantitative estimate of drug-likeness (QED) is 0.451. The molecule has 0 fully saturated rings. The number of hydrogen-bond acceptors (Lipinski definition) is 2. The number of rotatable bonds is 6. The summed E-state index contributed by atoms with van der Waals surface area (Å²) in [7, 11) is 0. The number of nitrogens with zero attached hydrogens (tertiary/aromatic N) is 1. The summed E-state index contributed by atoms with van der Waals surface area (Å²) in [5, 5.41) is 0. The van der Waals surface area contributed by atoms with Crippen LogP contribution in [0.15, 0.2) is 42.7 Å². The van der Waals surface area contributed by atoms with E-state index in [2.05, 4.69) is 45.2 Å². The Morgan fingerprint density at radius 3 is 2.00 bits per heavy atom.